The van der Waals surface area contributed by atoms with Gasteiger partial charge in [0.25, 0.3) is 5.91 Å². The Labute approximate surface area is 250 Å². The summed E-state index contributed by atoms with van der Waals surface area (Å²) in [7, 11) is 0. The lowest BCUT2D eigenvalue weighted by molar-refractivity contribution is -0.137. The summed E-state index contributed by atoms with van der Waals surface area (Å²) in [6.07, 6.45) is 7.48. The Morgan fingerprint density at radius 3 is 2.40 bits per heavy atom. The summed E-state index contributed by atoms with van der Waals surface area (Å²) in [5.41, 5.74) is 4.78. The van der Waals surface area contributed by atoms with E-state index in [1.807, 2.05) is 95.5 Å². The highest BCUT2D eigenvalue weighted by Crippen LogP contribution is 2.43. The topological polar surface area (TPSA) is 71.8 Å². The molecule has 1 aliphatic rings. The number of ether oxygens (including phenoxy) is 1. The number of nitrogens with zero attached hydrogens (tertiary/aromatic N) is 3. The lowest BCUT2D eigenvalue weighted by atomic mass is 9.89. The molecule has 5 rings (SSSR count). The monoisotopic (exact) mass is 581 g/mol. The molecule has 0 radical (unpaired) electrons. The van der Waals surface area contributed by atoms with Gasteiger partial charge in [-0.3, -0.25) is 9.59 Å². The lowest BCUT2D eigenvalue weighted by Gasteiger charge is -2.43. The average molecular weight is 582 g/mol. The van der Waals surface area contributed by atoms with Crippen LogP contribution in [0, 0.1) is 0 Å². The van der Waals surface area contributed by atoms with E-state index >= 15 is 0 Å². The van der Waals surface area contributed by atoms with E-state index in [1.54, 1.807) is 37.0 Å². The van der Waals surface area contributed by atoms with Crippen LogP contribution in [0.15, 0.2) is 97.3 Å². The fourth-order valence-corrected chi connectivity index (χ4v) is 5.59. The molecule has 0 bridgehead atoms. The van der Waals surface area contributed by atoms with E-state index in [-0.39, 0.29) is 29.9 Å². The first kappa shape index (κ1) is 28.9. The number of hydrogen-bond acceptors (Lipinski definition) is 4. The molecule has 8 heteroatoms. The molecule has 2 amide bonds. The van der Waals surface area contributed by atoms with Gasteiger partial charge in [-0.1, -0.05) is 29.8 Å². The van der Waals surface area contributed by atoms with Crippen molar-refractivity contribution in [2.75, 3.05) is 16.4 Å². The zero-order valence-electron chi connectivity index (χ0n) is 23.7. The molecule has 0 spiro atoms. The largest absolute Gasteiger partial charge is 0.463 e. The maximum atomic E-state index is 13.9. The lowest BCUT2D eigenvalue weighted by Crippen LogP contribution is -2.47. The SMILES string of the molecule is CCOC(=O)/C=C/c1ccn(-c2ccc(C(=O)N3c4ccccc4[C@H](N(C(C)=O)c4ccc(Cl)cc4)C[C@@H]3C)cc2)c1. The summed E-state index contributed by atoms with van der Waals surface area (Å²) < 4.78 is 6.86. The first-order chi connectivity index (χ1) is 20.3. The van der Waals surface area contributed by atoms with E-state index < -0.39 is 0 Å². The predicted molar refractivity (Wildman–Crippen MR) is 166 cm³/mol. The van der Waals surface area contributed by atoms with Crippen LogP contribution in [0.1, 0.15) is 54.7 Å². The van der Waals surface area contributed by atoms with Crippen molar-refractivity contribution in [3.05, 3.63) is 119 Å². The third-order valence-electron chi connectivity index (χ3n) is 7.36. The van der Waals surface area contributed by atoms with E-state index in [9.17, 15) is 14.4 Å². The van der Waals surface area contributed by atoms with Crippen molar-refractivity contribution in [1.29, 1.82) is 0 Å². The summed E-state index contributed by atoms with van der Waals surface area (Å²) in [6.45, 7) is 5.67. The summed E-state index contributed by atoms with van der Waals surface area (Å²) in [4.78, 5) is 42.1. The maximum Gasteiger partial charge on any atom is 0.330 e. The number of para-hydroxylation sites is 1. The minimum atomic E-state index is -0.382. The van der Waals surface area contributed by atoms with Gasteiger partial charge >= 0.3 is 5.97 Å². The quantitative estimate of drug-likeness (QED) is 0.170. The number of fused-ring (bicyclic) bond motifs is 1. The molecular weight excluding hydrogens is 550 g/mol. The standard InChI is InChI=1S/C34H32ClN3O4/c1-4-42-33(40)18-9-25-19-20-36(22-25)28-14-10-26(11-15-28)34(41)37-23(2)21-32(30-7-5-6-8-31(30)37)38(24(3)39)29-16-12-27(35)13-17-29/h5-20,22-23,32H,4,21H2,1-3H3/b18-9+/t23-,32+/m0/s1. The van der Waals surface area contributed by atoms with Crippen molar-refractivity contribution in [1.82, 2.24) is 4.57 Å². The Morgan fingerprint density at radius 1 is 1.00 bits per heavy atom. The van der Waals surface area contributed by atoms with Gasteiger partial charge in [-0.2, -0.15) is 0 Å². The van der Waals surface area contributed by atoms with Crippen LogP contribution in [0.25, 0.3) is 11.8 Å². The van der Waals surface area contributed by atoms with E-state index in [4.69, 9.17) is 16.3 Å². The van der Waals surface area contributed by atoms with E-state index in [2.05, 4.69) is 0 Å². The molecule has 3 aromatic carbocycles. The molecule has 2 heterocycles. The van der Waals surface area contributed by atoms with Crippen molar-refractivity contribution >= 4 is 46.8 Å². The Kier molecular flexibility index (Phi) is 8.59. The van der Waals surface area contributed by atoms with E-state index in [1.165, 1.54) is 6.08 Å². The number of benzene rings is 3. The third kappa shape index (κ3) is 6.02. The van der Waals surface area contributed by atoms with Gasteiger partial charge in [-0.15, -0.1) is 0 Å². The van der Waals surface area contributed by atoms with Crippen LogP contribution in [-0.4, -0.2) is 35.0 Å². The number of hydrogen-bond donors (Lipinski definition) is 0. The molecule has 0 saturated heterocycles. The molecule has 0 fully saturated rings. The van der Waals surface area contributed by atoms with Crippen LogP contribution in [0.5, 0.6) is 0 Å². The van der Waals surface area contributed by atoms with E-state index in [0.717, 1.165) is 28.2 Å². The molecule has 214 valence electrons. The minimum Gasteiger partial charge on any atom is -0.463 e. The Hall–Kier alpha value is -4.62. The molecule has 0 aliphatic carbocycles. The van der Waals surface area contributed by atoms with Crippen LogP contribution < -0.4 is 9.80 Å². The molecule has 7 nitrogen and oxygen atoms in total. The second kappa shape index (κ2) is 12.5. The van der Waals surface area contributed by atoms with Gasteiger partial charge in [0.1, 0.15) is 0 Å². The number of anilines is 2. The zero-order chi connectivity index (χ0) is 29.8. The molecule has 42 heavy (non-hydrogen) atoms. The van der Waals surface area contributed by atoms with Crippen LogP contribution in [0.4, 0.5) is 11.4 Å². The van der Waals surface area contributed by atoms with Crippen molar-refractivity contribution < 1.29 is 19.1 Å². The molecular formula is C34H32ClN3O4. The van der Waals surface area contributed by atoms with Gasteiger partial charge in [-0.25, -0.2) is 4.79 Å². The minimum absolute atomic E-state index is 0.0794. The number of rotatable bonds is 7. The van der Waals surface area contributed by atoms with Crippen LogP contribution in [-0.2, 0) is 14.3 Å². The van der Waals surface area contributed by atoms with Gasteiger partial charge in [-0.05, 0) is 98.1 Å². The summed E-state index contributed by atoms with van der Waals surface area (Å²) in [5.74, 6) is -0.567. The molecule has 0 unspecified atom stereocenters. The van der Waals surface area contributed by atoms with Crippen LogP contribution in [0.3, 0.4) is 0 Å². The second-order valence-electron chi connectivity index (χ2n) is 10.2. The third-order valence-corrected chi connectivity index (χ3v) is 7.61. The van der Waals surface area contributed by atoms with Crippen molar-refractivity contribution in [2.24, 2.45) is 0 Å². The fourth-order valence-electron chi connectivity index (χ4n) is 5.46. The number of aromatic nitrogens is 1. The molecule has 1 aromatic heterocycles. The Balaban J connectivity index is 1.39. The zero-order valence-corrected chi connectivity index (χ0v) is 24.5. The van der Waals surface area contributed by atoms with Gasteiger partial charge in [0.2, 0.25) is 5.91 Å². The predicted octanol–water partition coefficient (Wildman–Crippen LogP) is 7.24. The van der Waals surface area contributed by atoms with Gasteiger partial charge < -0.3 is 19.1 Å². The maximum absolute atomic E-state index is 13.9. The molecule has 2 atom stereocenters. The summed E-state index contributed by atoms with van der Waals surface area (Å²) in [5, 5.41) is 0.602. The van der Waals surface area contributed by atoms with Crippen LogP contribution >= 0.6 is 11.6 Å². The molecule has 0 N–H and O–H groups in total. The van der Waals surface area contributed by atoms with Crippen molar-refractivity contribution in [3.63, 3.8) is 0 Å². The Morgan fingerprint density at radius 2 is 1.71 bits per heavy atom. The van der Waals surface area contributed by atoms with Crippen LogP contribution in [0.2, 0.25) is 5.02 Å². The second-order valence-corrected chi connectivity index (χ2v) is 10.6. The van der Waals surface area contributed by atoms with Gasteiger partial charge in [0, 0.05) is 59.1 Å². The highest BCUT2D eigenvalue weighted by atomic mass is 35.5. The normalized spacial score (nSPS) is 16.2. The molecule has 1 aliphatic heterocycles. The smallest absolute Gasteiger partial charge is 0.330 e. The average Bonchev–Trinajstić information content (AvgIpc) is 3.46. The Bertz CT molecular complexity index is 1630. The first-order valence-corrected chi connectivity index (χ1v) is 14.3. The highest BCUT2D eigenvalue weighted by molar-refractivity contribution is 6.30. The number of amides is 2. The summed E-state index contributed by atoms with van der Waals surface area (Å²) in [6, 6.07) is 24.0. The number of esters is 1. The fraction of sp³-hybridized carbons (Fsp3) is 0.206. The summed E-state index contributed by atoms with van der Waals surface area (Å²) >= 11 is 6.11. The first-order valence-electron chi connectivity index (χ1n) is 13.9. The van der Waals surface area contributed by atoms with Crippen molar-refractivity contribution in [3.8, 4) is 5.69 Å². The number of carbonyl (C=O) groups excluding carboxylic acids is 3. The highest BCUT2D eigenvalue weighted by Gasteiger charge is 2.38. The molecule has 4 aromatic rings. The van der Waals surface area contributed by atoms with Gasteiger partial charge in [0.05, 0.1) is 12.6 Å². The van der Waals surface area contributed by atoms with Gasteiger partial charge in [0.15, 0.2) is 0 Å². The number of halogens is 1. The van der Waals surface area contributed by atoms with Crippen molar-refractivity contribution in [2.45, 2.75) is 39.3 Å². The molecule has 0 saturated carbocycles. The van der Waals surface area contributed by atoms with E-state index in [0.29, 0.717) is 23.6 Å². The number of carbonyl (C=O) groups is 3.